The van der Waals surface area contributed by atoms with Gasteiger partial charge in [0.1, 0.15) is 6.04 Å². The first-order chi connectivity index (χ1) is 11.1. The summed E-state index contributed by atoms with van der Waals surface area (Å²) in [6.45, 7) is 2.09. The van der Waals surface area contributed by atoms with Crippen LogP contribution in [0.2, 0.25) is 0 Å². The Hall–Kier alpha value is -2.62. The quantitative estimate of drug-likeness (QED) is 0.821. The van der Waals surface area contributed by atoms with Crippen molar-refractivity contribution in [2.24, 2.45) is 5.73 Å². The van der Waals surface area contributed by atoms with Crippen molar-refractivity contribution >= 4 is 11.8 Å². The fourth-order valence-corrected chi connectivity index (χ4v) is 2.40. The van der Waals surface area contributed by atoms with Crippen LogP contribution in [0, 0.1) is 0 Å². The molecule has 0 aromatic heterocycles. The number of nitrogens with one attached hydrogen (secondary N) is 1. The summed E-state index contributed by atoms with van der Waals surface area (Å²) in [4.78, 5) is 23.7. The molecule has 2 aromatic carbocycles. The third-order valence-electron chi connectivity index (χ3n) is 3.76. The average molecular weight is 310 g/mol. The smallest absolute Gasteiger partial charge is 0.240 e. The minimum atomic E-state index is -0.695. The number of carbonyl (C=O) groups is 2. The summed E-state index contributed by atoms with van der Waals surface area (Å²) in [7, 11) is 0. The summed E-state index contributed by atoms with van der Waals surface area (Å²) in [6.07, 6.45) is 1.60. The SMILES string of the molecule is CCc1ccc(CC(=O)N[C@H](Cc2ccccc2)C(N)=O)cc1. The number of amides is 2. The van der Waals surface area contributed by atoms with Crippen LogP contribution in [-0.4, -0.2) is 17.9 Å². The largest absolute Gasteiger partial charge is 0.368 e. The molecule has 0 saturated carbocycles. The van der Waals surface area contributed by atoms with Crippen molar-refractivity contribution in [3.05, 3.63) is 71.3 Å². The fraction of sp³-hybridized carbons (Fsp3) is 0.263. The van der Waals surface area contributed by atoms with E-state index in [1.54, 1.807) is 0 Å². The highest BCUT2D eigenvalue weighted by molar-refractivity contribution is 5.87. The monoisotopic (exact) mass is 310 g/mol. The fourth-order valence-electron chi connectivity index (χ4n) is 2.40. The van der Waals surface area contributed by atoms with E-state index < -0.39 is 11.9 Å². The summed E-state index contributed by atoms with van der Waals surface area (Å²) in [6, 6.07) is 16.7. The standard InChI is InChI=1S/C19H22N2O2/c1-2-14-8-10-16(11-9-14)13-18(22)21-17(19(20)23)12-15-6-4-3-5-7-15/h3-11,17H,2,12-13H2,1H3,(H2,20,23)(H,21,22)/t17-/m1/s1. The number of rotatable bonds is 7. The van der Waals surface area contributed by atoms with Crippen molar-refractivity contribution < 1.29 is 9.59 Å². The molecule has 0 bridgehead atoms. The van der Waals surface area contributed by atoms with Crippen molar-refractivity contribution in [1.82, 2.24) is 5.32 Å². The molecule has 4 heteroatoms. The number of benzene rings is 2. The van der Waals surface area contributed by atoms with Gasteiger partial charge < -0.3 is 11.1 Å². The van der Waals surface area contributed by atoms with Crippen molar-refractivity contribution in [3.8, 4) is 0 Å². The molecule has 2 amide bonds. The van der Waals surface area contributed by atoms with Gasteiger partial charge in [-0.05, 0) is 23.1 Å². The van der Waals surface area contributed by atoms with Crippen LogP contribution >= 0.6 is 0 Å². The highest BCUT2D eigenvalue weighted by Crippen LogP contribution is 2.07. The van der Waals surface area contributed by atoms with Crippen molar-refractivity contribution in [1.29, 1.82) is 0 Å². The molecule has 0 fully saturated rings. The molecular weight excluding hydrogens is 288 g/mol. The Labute approximate surface area is 136 Å². The minimum absolute atomic E-state index is 0.200. The van der Waals surface area contributed by atoms with E-state index in [1.807, 2.05) is 54.6 Å². The molecule has 0 radical (unpaired) electrons. The summed E-state index contributed by atoms with van der Waals surface area (Å²) in [5, 5.41) is 2.73. The third-order valence-corrected chi connectivity index (χ3v) is 3.76. The second kappa shape index (κ2) is 8.13. The van der Waals surface area contributed by atoms with E-state index in [0.717, 1.165) is 17.5 Å². The lowest BCUT2D eigenvalue weighted by Crippen LogP contribution is -2.46. The van der Waals surface area contributed by atoms with Gasteiger partial charge in [-0.25, -0.2) is 0 Å². The third kappa shape index (κ3) is 5.25. The van der Waals surface area contributed by atoms with Crippen LogP contribution in [0.3, 0.4) is 0 Å². The van der Waals surface area contributed by atoms with E-state index in [-0.39, 0.29) is 12.3 Å². The van der Waals surface area contributed by atoms with Gasteiger partial charge >= 0.3 is 0 Å². The predicted molar refractivity (Wildman–Crippen MR) is 90.8 cm³/mol. The Bertz CT molecular complexity index is 651. The summed E-state index contributed by atoms with van der Waals surface area (Å²) < 4.78 is 0. The van der Waals surface area contributed by atoms with Gasteiger partial charge in [0.15, 0.2) is 0 Å². The van der Waals surface area contributed by atoms with Gasteiger partial charge in [0, 0.05) is 6.42 Å². The zero-order valence-electron chi connectivity index (χ0n) is 13.3. The minimum Gasteiger partial charge on any atom is -0.368 e. The van der Waals surface area contributed by atoms with Gasteiger partial charge in [-0.3, -0.25) is 9.59 Å². The summed E-state index contributed by atoms with van der Waals surface area (Å²) in [5.41, 5.74) is 8.52. The van der Waals surface area contributed by atoms with Crippen LogP contribution < -0.4 is 11.1 Å². The van der Waals surface area contributed by atoms with E-state index in [2.05, 4.69) is 12.2 Å². The van der Waals surface area contributed by atoms with Gasteiger partial charge in [-0.1, -0.05) is 61.5 Å². The van der Waals surface area contributed by atoms with Gasteiger partial charge in [-0.2, -0.15) is 0 Å². The Morgan fingerprint density at radius 1 is 0.957 bits per heavy atom. The lowest BCUT2D eigenvalue weighted by atomic mass is 10.0. The lowest BCUT2D eigenvalue weighted by Gasteiger charge is -2.15. The highest BCUT2D eigenvalue weighted by Gasteiger charge is 2.18. The molecule has 23 heavy (non-hydrogen) atoms. The van der Waals surface area contributed by atoms with Crippen molar-refractivity contribution in [3.63, 3.8) is 0 Å². The zero-order chi connectivity index (χ0) is 16.7. The maximum atomic E-state index is 12.2. The zero-order valence-corrected chi connectivity index (χ0v) is 13.3. The molecule has 0 spiro atoms. The van der Waals surface area contributed by atoms with Crippen molar-refractivity contribution in [2.45, 2.75) is 32.2 Å². The van der Waals surface area contributed by atoms with Gasteiger partial charge in [0.25, 0.3) is 0 Å². The Morgan fingerprint density at radius 2 is 1.57 bits per heavy atom. The normalized spacial score (nSPS) is 11.7. The van der Waals surface area contributed by atoms with Crippen molar-refractivity contribution in [2.75, 3.05) is 0 Å². The maximum Gasteiger partial charge on any atom is 0.240 e. The van der Waals surface area contributed by atoms with Gasteiger partial charge in [0.2, 0.25) is 11.8 Å². The molecule has 2 rings (SSSR count). The highest BCUT2D eigenvalue weighted by atomic mass is 16.2. The first-order valence-electron chi connectivity index (χ1n) is 7.79. The summed E-state index contributed by atoms with van der Waals surface area (Å²) >= 11 is 0. The maximum absolute atomic E-state index is 12.2. The summed E-state index contributed by atoms with van der Waals surface area (Å²) in [5.74, 6) is -0.725. The van der Waals surface area contributed by atoms with Crippen LogP contribution in [0.5, 0.6) is 0 Å². The first-order valence-corrected chi connectivity index (χ1v) is 7.79. The molecule has 0 aliphatic carbocycles. The van der Waals surface area contributed by atoms with E-state index in [9.17, 15) is 9.59 Å². The van der Waals surface area contributed by atoms with Gasteiger partial charge in [-0.15, -0.1) is 0 Å². The van der Waals surface area contributed by atoms with Crippen LogP contribution in [0.1, 0.15) is 23.6 Å². The number of nitrogens with two attached hydrogens (primary N) is 1. The van der Waals surface area contributed by atoms with E-state index in [4.69, 9.17) is 5.73 Å². The molecule has 0 aliphatic heterocycles. The second-order valence-corrected chi connectivity index (χ2v) is 5.56. The predicted octanol–water partition coefficient (Wildman–Crippen LogP) is 2.00. The molecular formula is C19H22N2O2. The molecule has 2 aromatic rings. The van der Waals surface area contributed by atoms with E-state index in [1.165, 1.54) is 5.56 Å². The Morgan fingerprint density at radius 3 is 2.13 bits per heavy atom. The molecule has 4 nitrogen and oxygen atoms in total. The molecule has 0 heterocycles. The van der Waals surface area contributed by atoms with Crippen LogP contribution in [0.15, 0.2) is 54.6 Å². The topological polar surface area (TPSA) is 72.2 Å². The van der Waals surface area contributed by atoms with E-state index >= 15 is 0 Å². The number of primary amides is 1. The average Bonchev–Trinajstić information content (AvgIpc) is 2.56. The number of hydrogen-bond donors (Lipinski definition) is 2. The lowest BCUT2D eigenvalue weighted by molar-refractivity contribution is -0.127. The molecule has 3 N–H and O–H groups in total. The Balaban J connectivity index is 1.96. The van der Waals surface area contributed by atoms with E-state index in [0.29, 0.717) is 6.42 Å². The van der Waals surface area contributed by atoms with Gasteiger partial charge in [0.05, 0.1) is 6.42 Å². The first kappa shape index (κ1) is 16.7. The molecule has 0 aliphatic rings. The number of hydrogen-bond acceptors (Lipinski definition) is 2. The van der Waals surface area contributed by atoms with Crippen LogP contribution in [-0.2, 0) is 28.9 Å². The molecule has 1 atom stereocenters. The number of aryl methyl sites for hydroxylation is 1. The molecule has 0 unspecified atom stereocenters. The molecule has 0 saturated heterocycles. The van der Waals surface area contributed by atoms with Crippen LogP contribution in [0.4, 0.5) is 0 Å². The second-order valence-electron chi connectivity index (χ2n) is 5.56. The number of carbonyl (C=O) groups excluding carboxylic acids is 2. The molecule has 120 valence electrons. The Kier molecular flexibility index (Phi) is 5.92. The van der Waals surface area contributed by atoms with Crippen LogP contribution in [0.25, 0.3) is 0 Å².